The summed E-state index contributed by atoms with van der Waals surface area (Å²) in [5.41, 5.74) is 5.05. The molecule has 0 radical (unpaired) electrons. The Labute approximate surface area is 109 Å². The van der Waals surface area contributed by atoms with E-state index in [-0.39, 0.29) is 6.54 Å². The summed E-state index contributed by atoms with van der Waals surface area (Å²) in [5, 5.41) is 9.35. The van der Waals surface area contributed by atoms with Crippen molar-refractivity contribution in [1.82, 2.24) is 10.2 Å². The van der Waals surface area contributed by atoms with Gasteiger partial charge in [0.05, 0.1) is 6.54 Å². The van der Waals surface area contributed by atoms with Crippen molar-refractivity contribution in [3.63, 3.8) is 0 Å². The normalized spacial score (nSPS) is 13.3. The summed E-state index contributed by atoms with van der Waals surface area (Å²) in [5.74, 6) is -3.69. The first kappa shape index (κ1) is 16.4. The van der Waals surface area contributed by atoms with E-state index < -0.39 is 35.1 Å². The molecule has 102 valence electrons. The quantitative estimate of drug-likeness (QED) is 0.345. The molecular weight excluding hydrogens is 262 g/mol. The number of nitrogens with two attached hydrogens (primary N) is 1. The van der Waals surface area contributed by atoms with Gasteiger partial charge < -0.3 is 16.2 Å². The summed E-state index contributed by atoms with van der Waals surface area (Å²) in [7, 11) is 0. The Morgan fingerprint density at radius 2 is 1.89 bits per heavy atom. The van der Waals surface area contributed by atoms with Gasteiger partial charge in [0.2, 0.25) is 11.8 Å². The molecule has 0 heterocycles. The summed E-state index contributed by atoms with van der Waals surface area (Å²) >= 11 is 3.65. The average Bonchev–Trinajstić information content (AvgIpc) is 2.27. The van der Waals surface area contributed by atoms with E-state index in [1.807, 2.05) is 0 Å². The number of carboxylic acid groups (broad SMARTS) is 1. The maximum absolute atomic E-state index is 11.8. The number of hydrogen-bond acceptors (Lipinski definition) is 6. The summed E-state index contributed by atoms with van der Waals surface area (Å²) in [6.07, 6.45) is 0. The van der Waals surface area contributed by atoms with Crippen LogP contribution in [0.1, 0.15) is 13.8 Å². The van der Waals surface area contributed by atoms with E-state index in [1.54, 1.807) is 0 Å². The van der Waals surface area contributed by atoms with E-state index in [0.29, 0.717) is 4.90 Å². The zero-order valence-corrected chi connectivity index (χ0v) is 10.8. The fourth-order valence-corrected chi connectivity index (χ4v) is 1.41. The first-order valence-electron chi connectivity index (χ1n) is 4.96. The fraction of sp³-hybridized carbons (Fsp3) is 0.556. The van der Waals surface area contributed by atoms with Crippen LogP contribution in [0.2, 0.25) is 0 Å². The van der Waals surface area contributed by atoms with Gasteiger partial charge in [0.1, 0.15) is 6.04 Å². The lowest BCUT2D eigenvalue weighted by molar-refractivity contribution is -0.154. The summed E-state index contributed by atoms with van der Waals surface area (Å²) in [4.78, 5) is 45.2. The molecule has 0 aliphatic carbocycles. The number of hydrogen-bond donors (Lipinski definition) is 4. The predicted molar refractivity (Wildman–Crippen MR) is 64.6 cm³/mol. The van der Waals surface area contributed by atoms with Crippen LogP contribution in [0.3, 0.4) is 0 Å². The minimum absolute atomic E-state index is 0.319. The number of carbonyl (C=O) groups is 4. The monoisotopic (exact) mass is 277 g/mol. The Bertz CT molecular complexity index is 373. The molecule has 0 aromatic heterocycles. The van der Waals surface area contributed by atoms with Crippen LogP contribution in [0.4, 0.5) is 0 Å². The SMILES string of the molecule is CC(=O)N(C(=O)C(C)NC(=O)CN)C(S)C(=O)O. The molecule has 0 fully saturated rings. The molecule has 2 atom stereocenters. The third-order valence-electron chi connectivity index (χ3n) is 1.98. The van der Waals surface area contributed by atoms with Crippen LogP contribution in [0.15, 0.2) is 0 Å². The number of thiol groups is 1. The Morgan fingerprint density at radius 3 is 2.22 bits per heavy atom. The molecule has 0 spiro atoms. The summed E-state index contributed by atoms with van der Waals surface area (Å²) in [6.45, 7) is 2.02. The van der Waals surface area contributed by atoms with E-state index in [1.165, 1.54) is 6.92 Å². The molecule has 0 aliphatic rings. The minimum Gasteiger partial charge on any atom is -0.479 e. The number of rotatable bonds is 5. The van der Waals surface area contributed by atoms with E-state index in [2.05, 4.69) is 17.9 Å². The van der Waals surface area contributed by atoms with Gasteiger partial charge in [-0.15, -0.1) is 12.6 Å². The van der Waals surface area contributed by atoms with Gasteiger partial charge in [-0.05, 0) is 6.92 Å². The van der Waals surface area contributed by atoms with Gasteiger partial charge in [-0.25, -0.2) is 4.79 Å². The second-order valence-corrected chi connectivity index (χ2v) is 3.92. The van der Waals surface area contributed by atoms with E-state index in [4.69, 9.17) is 10.8 Å². The highest BCUT2D eigenvalue weighted by Gasteiger charge is 2.33. The van der Waals surface area contributed by atoms with Crippen LogP contribution >= 0.6 is 12.6 Å². The molecule has 0 aromatic carbocycles. The van der Waals surface area contributed by atoms with E-state index in [0.717, 1.165) is 6.92 Å². The minimum atomic E-state index is -1.60. The Hall–Kier alpha value is -1.61. The number of nitrogens with one attached hydrogen (secondary N) is 1. The van der Waals surface area contributed by atoms with Crippen molar-refractivity contribution in [2.24, 2.45) is 5.73 Å². The highest BCUT2D eigenvalue weighted by Crippen LogP contribution is 2.08. The van der Waals surface area contributed by atoms with Crippen LogP contribution in [-0.2, 0) is 19.2 Å². The van der Waals surface area contributed by atoms with Crippen molar-refractivity contribution < 1.29 is 24.3 Å². The Balaban J connectivity index is 4.93. The van der Waals surface area contributed by atoms with Crippen LogP contribution < -0.4 is 11.1 Å². The highest BCUT2D eigenvalue weighted by molar-refractivity contribution is 7.81. The van der Waals surface area contributed by atoms with E-state index in [9.17, 15) is 19.2 Å². The molecule has 0 aromatic rings. The number of carboxylic acids is 1. The average molecular weight is 277 g/mol. The molecule has 0 bridgehead atoms. The standard InChI is InChI=1S/C9H15N3O5S/c1-4(11-6(14)3-10)7(15)12(5(2)13)8(18)9(16)17/h4,8,18H,3,10H2,1-2H3,(H,11,14)(H,16,17). The van der Waals surface area contributed by atoms with Crippen molar-refractivity contribution in [2.75, 3.05) is 6.54 Å². The molecule has 3 amide bonds. The zero-order valence-electron chi connectivity index (χ0n) is 9.91. The zero-order chi connectivity index (χ0) is 14.5. The molecule has 0 aliphatic heterocycles. The van der Waals surface area contributed by atoms with Crippen LogP contribution in [0.5, 0.6) is 0 Å². The molecule has 2 unspecified atom stereocenters. The topological polar surface area (TPSA) is 130 Å². The van der Waals surface area contributed by atoms with Crippen molar-refractivity contribution in [3.8, 4) is 0 Å². The van der Waals surface area contributed by atoms with Crippen LogP contribution in [-0.4, -0.2) is 51.7 Å². The predicted octanol–water partition coefficient (Wildman–Crippen LogP) is -1.83. The number of nitrogens with zero attached hydrogens (tertiary/aromatic N) is 1. The van der Waals surface area contributed by atoms with Crippen LogP contribution in [0, 0.1) is 0 Å². The number of carbonyl (C=O) groups excluding carboxylic acids is 3. The fourth-order valence-electron chi connectivity index (χ4n) is 1.13. The lowest BCUT2D eigenvalue weighted by Gasteiger charge is -2.25. The molecule has 0 saturated heterocycles. The molecule has 0 rings (SSSR count). The number of amides is 3. The van der Waals surface area contributed by atoms with E-state index >= 15 is 0 Å². The van der Waals surface area contributed by atoms with Crippen molar-refractivity contribution >= 4 is 36.3 Å². The van der Waals surface area contributed by atoms with Crippen molar-refractivity contribution in [1.29, 1.82) is 0 Å². The summed E-state index contributed by atoms with van der Waals surface area (Å²) in [6, 6.07) is -1.07. The Morgan fingerprint density at radius 1 is 1.39 bits per heavy atom. The first-order valence-corrected chi connectivity index (χ1v) is 5.48. The molecule has 9 heteroatoms. The number of aliphatic carboxylic acids is 1. The van der Waals surface area contributed by atoms with Crippen LogP contribution in [0.25, 0.3) is 0 Å². The van der Waals surface area contributed by atoms with Crippen molar-refractivity contribution in [2.45, 2.75) is 25.3 Å². The smallest absolute Gasteiger partial charge is 0.337 e. The van der Waals surface area contributed by atoms with Gasteiger partial charge in [-0.1, -0.05) is 0 Å². The molecule has 18 heavy (non-hydrogen) atoms. The maximum Gasteiger partial charge on any atom is 0.337 e. The largest absolute Gasteiger partial charge is 0.479 e. The van der Waals surface area contributed by atoms with Gasteiger partial charge in [0.15, 0.2) is 5.37 Å². The highest BCUT2D eigenvalue weighted by atomic mass is 32.1. The molecule has 8 nitrogen and oxygen atoms in total. The maximum atomic E-state index is 11.8. The number of imide groups is 1. The van der Waals surface area contributed by atoms with Gasteiger partial charge in [0, 0.05) is 6.92 Å². The molecule has 4 N–H and O–H groups in total. The van der Waals surface area contributed by atoms with Gasteiger partial charge >= 0.3 is 5.97 Å². The van der Waals surface area contributed by atoms with Gasteiger partial charge in [-0.3, -0.25) is 19.3 Å². The first-order chi connectivity index (χ1) is 8.22. The second kappa shape index (κ2) is 6.97. The summed E-state index contributed by atoms with van der Waals surface area (Å²) < 4.78 is 0. The van der Waals surface area contributed by atoms with Gasteiger partial charge in [0.25, 0.3) is 5.91 Å². The molecular formula is C9H15N3O5S. The third kappa shape index (κ3) is 4.34. The molecule has 0 saturated carbocycles. The lowest BCUT2D eigenvalue weighted by atomic mass is 10.2. The van der Waals surface area contributed by atoms with Gasteiger partial charge in [-0.2, -0.15) is 0 Å². The Kier molecular flexibility index (Phi) is 6.34. The lowest BCUT2D eigenvalue weighted by Crippen LogP contribution is -2.53. The van der Waals surface area contributed by atoms with Crippen molar-refractivity contribution in [3.05, 3.63) is 0 Å². The third-order valence-corrected chi connectivity index (χ3v) is 2.43. The second-order valence-electron chi connectivity index (χ2n) is 3.43.